The van der Waals surface area contributed by atoms with Crippen LogP contribution in [0.15, 0.2) is 34.2 Å². The fraction of sp³-hybridized carbons (Fsp3) is 0.133. The zero-order valence-electron chi connectivity index (χ0n) is 11.4. The van der Waals surface area contributed by atoms with Crippen LogP contribution in [0.1, 0.15) is 22.4 Å². The predicted molar refractivity (Wildman–Crippen MR) is 74.2 cm³/mol. The van der Waals surface area contributed by atoms with Gasteiger partial charge in [-0.2, -0.15) is 10.4 Å². The number of rotatable bonds is 2. The van der Waals surface area contributed by atoms with E-state index < -0.39 is 17.2 Å². The third kappa shape index (κ3) is 2.87. The molecule has 0 aliphatic rings. The quantitative estimate of drug-likeness (QED) is 0.797. The van der Waals surface area contributed by atoms with Crippen LogP contribution in [0.5, 0.6) is 0 Å². The largest absolute Gasteiger partial charge is 0.289 e. The lowest BCUT2D eigenvalue weighted by atomic mass is 10.1. The summed E-state index contributed by atoms with van der Waals surface area (Å²) in [5.74, 6) is -1.95. The molecule has 0 unspecified atom stereocenters. The van der Waals surface area contributed by atoms with Gasteiger partial charge in [-0.3, -0.25) is 4.79 Å². The van der Waals surface area contributed by atoms with Crippen LogP contribution in [0, 0.1) is 36.8 Å². The summed E-state index contributed by atoms with van der Waals surface area (Å²) in [5, 5.41) is 12.9. The molecule has 0 atom stereocenters. The van der Waals surface area contributed by atoms with Gasteiger partial charge in [0.1, 0.15) is 11.6 Å². The first kappa shape index (κ1) is 14.6. The second kappa shape index (κ2) is 5.67. The van der Waals surface area contributed by atoms with Crippen molar-refractivity contribution in [3.05, 3.63) is 68.6 Å². The van der Waals surface area contributed by atoms with E-state index in [2.05, 4.69) is 5.10 Å². The fourth-order valence-electron chi connectivity index (χ4n) is 1.88. The first-order valence-corrected chi connectivity index (χ1v) is 6.07. The molecule has 6 heteroatoms. The summed E-state index contributed by atoms with van der Waals surface area (Å²) < 4.78 is 27.0. The van der Waals surface area contributed by atoms with Crippen LogP contribution in [0.4, 0.5) is 8.78 Å². The molecule has 21 heavy (non-hydrogen) atoms. The Kier molecular flexibility index (Phi) is 3.94. The summed E-state index contributed by atoms with van der Waals surface area (Å²) in [6.07, 6.45) is 1.23. The van der Waals surface area contributed by atoms with Crippen molar-refractivity contribution in [3.63, 3.8) is 0 Å². The summed E-state index contributed by atoms with van der Waals surface area (Å²) >= 11 is 0. The highest BCUT2D eigenvalue weighted by Gasteiger charge is 2.09. The molecule has 2 rings (SSSR count). The van der Waals surface area contributed by atoms with Crippen molar-refractivity contribution >= 4 is 6.21 Å². The molecule has 0 spiro atoms. The van der Waals surface area contributed by atoms with E-state index in [4.69, 9.17) is 5.26 Å². The van der Waals surface area contributed by atoms with Gasteiger partial charge in [-0.25, -0.2) is 13.5 Å². The summed E-state index contributed by atoms with van der Waals surface area (Å²) in [4.78, 5) is 12.1. The molecule has 0 saturated heterocycles. The molecule has 0 radical (unpaired) electrons. The average molecular weight is 287 g/mol. The highest BCUT2D eigenvalue weighted by atomic mass is 19.2. The van der Waals surface area contributed by atoms with Crippen molar-refractivity contribution in [1.29, 1.82) is 5.26 Å². The monoisotopic (exact) mass is 287 g/mol. The van der Waals surface area contributed by atoms with Gasteiger partial charge >= 0.3 is 0 Å². The molecule has 2 aromatic rings. The number of halogens is 2. The molecule has 0 fully saturated rings. The van der Waals surface area contributed by atoms with E-state index in [1.807, 2.05) is 6.07 Å². The maximum Gasteiger partial charge on any atom is 0.289 e. The molecule has 0 amide bonds. The van der Waals surface area contributed by atoms with Crippen LogP contribution in [-0.4, -0.2) is 10.9 Å². The number of benzene rings is 1. The molecule has 1 aromatic heterocycles. The number of nitrogens with zero attached hydrogens (tertiary/aromatic N) is 3. The molecule has 4 nitrogen and oxygen atoms in total. The molecular weight excluding hydrogens is 276 g/mol. The highest BCUT2D eigenvalue weighted by Crippen LogP contribution is 2.08. The summed E-state index contributed by atoms with van der Waals surface area (Å²) in [5.41, 5.74) is 0.866. The van der Waals surface area contributed by atoms with Gasteiger partial charge in [-0.05, 0) is 43.2 Å². The van der Waals surface area contributed by atoms with Crippen LogP contribution in [-0.2, 0) is 0 Å². The van der Waals surface area contributed by atoms with Crippen LogP contribution in [0.2, 0.25) is 0 Å². The minimum atomic E-state index is -0.996. The topological polar surface area (TPSA) is 58.1 Å². The zero-order valence-corrected chi connectivity index (χ0v) is 11.4. The van der Waals surface area contributed by atoms with Crippen molar-refractivity contribution in [3.8, 4) is 6.07 Å². The van der Waals surface area contributed by atoms with Crippen molar-refractivity contribution in [2.24, 2.45) is 5.10 Å². The molecule has 1 heterocycles. The van der Waals surface area contributed by atoms with E-state index in [9.17, 15) is 13.6 Å². The minimum Gasteiger partial charge on any atom is -0.266 e. The van der Waals surface area contributed by atoms with E-state index in [0.29, 0.717) is 16.8 Å². The predicted octanol–water partition coefficient (Wildman–Crippen LogP) is 2.50. The molecule has 0 N–H and O–H groups in total. The van der Waals surface area contributed by atoms with Gasteiger partial charge in [0.15, 0.2) is 11.6 Å². The third-order valence-corrected chi connectivity index (χ3v) is 2.94. The average Bonchev–Trinajstić information content (AvgIpc) is 2.42. The Balaban J connectivity index is 2.49. The van der Waals surface area contributed by atoms with E-state index in [-0.39, 0.29) is 5.56 Å². The normalized spacial score (nSPS) is 10.8. The van der Waals surface area contributed by atoms with Crippen molar-refractivity contribution < 1.29 is 8.78 Å². The number of aryl methyl sites for hydroxylation is 2. The number of pyridine rings is 1. The van der Waals surface area contributed by atoms with Gasteiger partial charge in [0.25, 0.3) is 5.56 Å². The van der Waals surface area contributed by atoms with Crippen molar-refractivity contribution in [2.45, 2.75) is 13.8 Å². The molecule has 0 aliphatic carbocycles. The van der Waals surface area contributed by atoms with Gasteiger partial charge in [0, 0.05) is 5.69 Å². The molecule has 0 aliphatic heterocycles. The Bertz CT molecular complexity index is 832. The first-order chi connectivity index (χ1) is 9.93. The Morgan fingerprint density at radius 2 is 1.95 bits per heavy atom. The van der Waals surface area contributed by atoms with E-state index >= 15 is 0 Å². The van der Waals surface area contributed by atoms with Crippen LogP contribution in [0.25, 0.3) is 0 Å². The summed E-state index contributed by atoms with van der Waals surface area (Å²) in [7, 11) is 0. The summed E-state index contributed by atoms with van der Waals surface area (Å²) in [6.45, 7) is 3.33. The van der Waals surface area contributed by atoms with Crippen molar-refractivity contribution in [2.75, 3.05) is 0 Å². The maximum atomic E-state index is 13.1. The molecular formula is C15H11F2N3O. The highest BCUT2D eigenvalue weighted by molar-refractivity contribution is 5.79. The second-order valence-electron chi connectivity index (χ2n) is 4.49. The lowest BCUT2D eigenvalue weighted by molar-refractivity contribution is 0.508. The number of nitriles is 1. The Morgan fingerprint density at radius 3 is 2.57 bits per heavy atom. The van der Waals surface area contributed by atoms with Gasteiger partial charge in [-0.15, -0.1) is 0 Å². The molecule has 0 bridgehead atoms. The van der Waals surface area contributed by atoms with Gasteiger partial charge in [0.05, 0.1) is 6.21 Å². The van der Waals surface area contributed by atoms with Gasteiger partial charge in [0.2, 0.25) is 0 Å². The standard InChI is InChI=1S/C15H11F2N3O/c1-9-5-10(2)20(15(21)12(9)7-18)19-8-11-3-4-13(16)14(17)6-11/h3-6,8H,1-2H3/b19-8-. The molecule has 1 aromatic carbocycles. The lowest BCUT2D eigenvalue weighted by Crippen LogP contribution is -2.22. The van der Waals surface area contributed by atoms with E-state index in [1.165, 1.54) is 12.3 Å². The number of hydrogen-bond acceptors (Lipinski definition) is 3. The SMILES string of the molecule is Cc1cc(C)n(/N=C\c2ccc(F)c(F)c2)c(=O)c1C#N. The molecule has 0 saturated carbocycles. The van der Waals surface area contributed by atoms with Crippen LogP contribution < -0.4 is 5.56 Å². The maximum absolute atomic E-state index is 13.1. The second-order valence-corrected chi connectivity index (χ2v) is 4.49. The van der Waals surface area contributed by atoms with Gasteiger partial charge in [-0.1, -0.05) is 6.07 Å². The Labute approximate surface area is 119 Å². The Hall–Kier alpha value is -2.81. The lowest BCUT2D eigenvalue weighted by Gasteiger charge is -2.06. The fourth-order valence-corrected chi connectivity index (χ4v) is 1.88. The number of aromatic nitrogens is 1. The smallest absolute Gasteiger partial charge is 0.266 e. The number of hydrogen-bond donors (Lipinski definition) is 0. The molecule has 106 valence electrons. The van der Waals surface area contributed by atoms with E-state index in [0.717, 1.165) is 16.8 Å². The first-order valence-electron chi connectivity index (χ1n) is 6.07. The summed E-state index contributed by atoms with van der Waals surface area (Å²) in [6, 6.07) is 6.76. The zero-order chi connectivity index (χ0) is 15.6. The minimum absolute atomic E-state index is 0.00281. The van der Waals surface area contributed by atoms with Crippen LogP contribution >= 0.6 is 0 Å². The van der Waals surface area contributed by atoms with Gasteiger partial charge < -0.3 is 0 Å². The van der Waals surface area contributed by atoms with Crippen LogP contribution in [0.3, 0.4) is 0 Å². The Morgan fingerprint density at radius 1 is 1.24 bits per heavy atom. The van der Waals surface area contributed by atoms with E-state index in [1.54, 1.807) is 19.9 Å². The third-order valence-electron chi connectivity index (χ3n) is 2.94. The van der Waals surface area contributed by atoms with Crippen molar-refractivity contribution in [1.82, 2.24) is 4.68 Å².